The van der Waals surface area contributed by atoms with Gasteiger partial charge in [-0.05, 0) is 44.1 Å². The number of nitrogens with zero attached hydrogens (tertiary/aromatic N) is 3. The van der Waals surface area contributed by atoms with Gasteiger partial charge in [-0.15, -0.1) is 0 Å². The van der Waals surface area contributed by atoms with Gasteiger partial charge in [0.2, 0.25) is 5.91 Å². The Hall–Kier alpha value is -1.36. The van der Waals surface area contributed by atoms with Gasteiger partial charge < -0.3 is 10.0 Å². The van der Waals surface area contributed by atoms with Gasteiger partial charge in [-0.3, -0.25) is 9.48 Å². The highest BCUT2D eigenvalue weighted by atomic mass is 16.3. The van der Waals surface area contributed by atoms with E-state index in [0.29, 0.717) is 18.9 Å². The van der Waals surface area contributed by atoms with Crippen LogP contribution in [0.15, 0.2) is 0 Å². The SMILES string of the molecule is Cc1nn(CC(C)C)c(C)c1CCC(=O)N1CCC(C)C(O)C1. The number of amides is 1. The monoisotopic (exact) mass is 321 g/mol. The number of carbonyl (C=O) groups is 1. The molecule has 1 fully saturated rings. The number of aryl methyl sites for hydroxylation is 1. The molecule has 1 saturated heterocycles. The molecule has 0 radical (unpaired) electrons. The molecule has 5 heteroatoms. The lowest BCUT2D eigenvalue weighted by Gasteiger charge is -2.34. The fourth-order valence-corrected chi connectivity index (χ4v) is 3.28. The van der Waals surface area contributed by atoms with E-state index in [2.05, 4.69) is 30.6 Å². The number of hydrogen-bond acceptors (Lipinski definition) is 3. The van der Waals surface area contributed by atoms with E-state index in [1.54, 1.807) is 0 Å². The van der Waals surface area contributed by atoms with Gasteiger partial charge >= 0.3 is 0 Å². The fraction of sp³-hybridized carbons (Fsp3) is 0.778. The maximum atomic E-state index is 12.4. The van der Waals surface area contributed by atoms with E-state index in [1.165, 1.54) is 11.3 Å². The number of piperidine rings is 1. The van der Waals surface area contributed by atoms with E-state index in [1.807, 2.05) is 18.7 Å². The molecule has 0 aliphatic carbocycles. The molecule has 1 N–H and O–H groups in total. The van der Waals surface area contributed by atoms with Crippen LogP contribution in [0.3, 0.4) is 0 Å². The quantitative estimate of drug-likeness (QED) is 0.905. The van der Waals surface area contributed by atoms with Crippen molar-refractivity contribution in [1.82, 2.24) is 14.7 Å². The second-order valence-corrected chi connectivity index (χ2v) is 7.40. The highest BCUT2D eigenvalue weighted by Crippen LogP contribution is 2.20. The van der Waals surface area contributed by atoms with Crippen molar-refractivity contribution in [1.29, 1.82) is 0 Å². The molecule has 130 valence electrons. The van der Waals surface area contributed by atoms with Crippen molar-refractivity contribution in [2.45, 2.75) is 66.5 Å². The lowest BCUT2D eigenvalue weighted by molar-refractivity contribution is -0.135. The number of β-amino-alcohol motifs (C(OH)–C–C–N with tert-alkyl or cyclic N) is 1. The van der Waals surface area contributed by atoms with Gasteiger partial charge in [0.15, 0.2) is 0 Å². The zero-order valence-corrected chi connectivity index (χ0v) is 15.2. The van der Waals surface area contributed by atoms with Crippen LogP contribution in [0.1, 0.15) is 50.6 Å². The summed E-state index contributed by atoms with van der Waals surface area (Å²) in [7, 11) is 0. The summed E-state index contributed by atoms with van der Waals surface area (Å²) in [6, 6.07) is 0. The van der Waals surface area contributed by atoms with Gasteiger partial charge in [-0.1, -0.05) is 20.8 Å². The highest BCUT2D eigenvalue weighted by Gasteiger charge is 2.27. The topological polar surface area (TPSA) is 58.4 Å². The molecule has 2 rings (SSSR count). The van der Waals surface area contributed by atoms with Gasteiger partial charge in [0, 0.05) is 31.7 Å². The molecule has 0 saturated carbocycles. The van der Waals surface area contributed by atoms with Gasteiger partial charge in [0.1, 0.15) is 0 Å². The largest absolute Gasteiger partial charge is 0.391 e. The second kappa shape index (κ2) is 7.47. The molecule has 0 bridgehead atoms. The summed E-state index contributed by atoms with van der Waals surface area (Å²) in [5.74, 6) is 0.989. The van der Waals surface area contributed by atoms with Crippen molar-refractivity contribution in [3.05, 3.63) is 17.0 Å². The molecule has 0 spiro atoms. The number of carbonyl (C=O) groups excluding carboxylic acids is 1. The minimum absolute atomic E-state index is 0.145. The van der Waals surface area contributed by atoms with Gasteiger partial charge in [0.05, 0.1) is 11.8 Å². The standard InChI is InChI=1S/C18H31N3O2/c1-12(2)10-21-15(5)16(14(4)19-21)6-7-18(23)20-9-8-13(3)17(22)11-20/h12-13,17,22H,6-11H2,1-5H3. The van der Waals surface area contributed by atoms with Crippen LogP contribution in [0.4, 0.5) is 0 Å². The Labute approximate surface area is 139 Å². The number of hydrogen-bond donors (Lipinski definition) is 1. The van der Waals surface area contributed by atoms with E-state index in [4.69, 9.17) is 0 Å². The predicted octanol–water partition coefficient (Wildman–Crippen LogP) is 2.32. The molecule has 2 atom stereocenters. The first-order valence-corrected chi connectivity index (χ1v) is 8.78. The van der Waals surface area contributed by atoms with E-state index in [-0.39, 0.29) is 17.9 Å². The molecular weight excluding hydrogens is 290 g/mol. The molecule has 2 heterocycles. The average Bonchev–Trinajstić information content (AvgIpc) is 2.73. The summed E-state index contributed by atoms with van der Waals surface area (Å²) in [5.41, 5.74) is 3.41. The van der Waals surface area contributed by atoms with Crippen LogP contribution in [-0.2, 0) is 17.8 Å². The van der Waals surface area contributed by atoms with Crippen molar-refractivity contribution in [2.24, 2.45) is 11.8 Å². The summed E-state index contributed by atoms with van der Waals surface area (Å²) < 4.78 is 2.06. The third-order valence-electron chi connectivity index (χ3n) is 4.93. The Morgan fingerprint density at radius 1 is 1.39 bits per heavy atom. The zero-order chi connectivity index (χ0) is 17.1. The third-order valence-corrected chi connectivity index (χ3v) is 4.93. The Kier molecular flexibility index (Phi) is 5.84. The summed E-state index contributed by atoms with van der Waals surface area (Å²) in [4.78, 5) is 14.2. The Morgan fingerprint density at radius 3 is 2.70 bits per heavy atom. The van der Waals surface area contributed by atoms with Crippen LogP contribution in [-0.4, -0.2) is 44.9 Å². The van der Waals surface area contributed by atoms with Crippen LogP contribution < -0.4 is 0 Å². The highest BCUT2D eigenvalue weighted by molar-refractivity contribution is 5.76. The number of rotatable bonds is 5. The van der Waals surface area contributed by atoms with E-state index < -0.39 is 0 Å². The Morgan fingerprint density at radius 2 is 2.09 bits per heavy atom. The lowest BCUT2D eigenvalue weighted by atomic mass is 9.95. The summed E-state index contributed by atoms with van der Waals surface area (Å²) in [5, 5.41) is 14.6. The third kappa shape index (κ3) is 4.34. The van der Waals surface area contributed by atoms with Crippen LogP contribution in [0.25, 0.3) is 0 Å². The average molecular weight is 321 g/mol. The van der Waals surface area contributed by atoms with E-state index in [9.17, 15) is 9.90 Å². The number of likely N-dealkylation sites (tertiary alicyclic amines) is 1. The minimum atomic E-state index is -0.384. The Bertz CT molecular complexity index is 551. The van der Waals surface area contributed by atoms with Gasteiger partial charge in [0.25, 0.3) is 0 Å². The van der Waals surface area contributed by atoms with E-state index in [0.717, 1.165) is 31.6 Å². The predicted molar refractivity (Wildman–Crippen MR) is 91.2 cm³/mol. The molecule has 2 unspecified atom stereocenters. The normalized spacial score (nSPS) is 22.0. The van der Waals surface area contributed by atoms with Crippen molar-refractivity contribution >= 4 is 5.91 Å². The zero-order valence-electron chi connectivity index (χ0n) is 15.2. The number of aliphatic hydroxyl groups is 1. The van der Waals surface area contributed by atoms with Crippen molar-refractivity contribution < 1.29 is 9.90 Å². The minimum Gasteiger partial charge on any atom is -0.391 e. The smallest absolute Gasteiger partial charge is 0.222 e. The molecule has 1 aliphatic heterocycles. The molecule has 5 nitrogen and oxygen atoms in total. The second-order valence-electron chi connectivity index (χ2n) is 7.40. The van der Waals surface area contributed by atoms with Crippen molar-refractivity contribution in [3.8, 4) is 0 Å². The molecule has 1 aromatic heterocycles. The van der Waals surface area contributed by atoms with Crippen LogP contribution in [0.5, 0.6) is 0 Å². The number of aromatic nitrogens is 2. The van der Waals surface area contributed by atoms with Gasteiger partial charge in [-0.25, -0.2) is 0 Å². The molecule has 1 amide bonds. The lowest BCUT2D eigenvalue weighted by Crippen LogP contribution is -2.45. The summed E-state index contributed by atoms with van der Waals surface area (Å²) >= 11 is 0. The van der Waals surface area contributed by atoms with Crippen LogP contribution in [0, 0.1) is 25.7 Å². The molecule has 1 aliphatic rings. The molecule has 0 aromatic carbocycles. The summed E-state index contributed by atoms with van der Waals surface area (Å²) in [6.45, 7) is 12.7. The van der Waals surface area contributed by atoms with Gasteiger partial charge in [-0.2, -0.15) is 5.10 Å². The maximum absolute atomic E-state index is 12.4. The summed E-state index contributed by atoms with van der Waals surface area (Å²) in [6.07, 6.45) is 1.73. The molecule has 1 aromatic rings. The number of aliphatic hydroxyl groups excluding tert-OH is 1. The van der Waals surface area contributed by atoms with Crippen LogP contribution in [0.2, 0.25) is 0 Å². The first-order chi connectivity index (χ1) is 10.8. The van der Waals surface area contributed by atoms with E-state index >= 15 is 0 Å². The fourth-order valence-electron chi connectivity index (χ4n) is 3.28. The first kappa shape index (κ1) is 18.0. The van der Waals surface area contributed by atoms with Crippen LogP contribution >= 0.6 is 0 Å². The van der Waals surface area contributed by atoms with Crippen molar-refractivity contribution in [2.75, 3.05) is 13.1 Å². The molecule has 23 heavy (non-hydrogen) atoms. The maximum Gasteiger partial charge on any atom is 0.222 e. The first-order valence-electron chi connectivity index (χ1n) is 8.78. The molecular formula is C18H31N3O2. The van der Waals surface area contributed by atoms with Crippen molar-refractivity contribution in [3.63, 3.8) is 0 Å². The Balaban J connectivity index is 1.95.